The van der Waals surface area contributed by atoms with Crippen LogP contribution >= 0.6 is 0 Å². The average Bonchev–Trinajstić information content (AvgIpc) is 3.34. The predicted molar refractivity (Wildman–Crippen MR) is 131 cm³/mol. The van der Waals surface area contributed by atoms with Crippen molar-refractivity contribution >= 4 is 17.8 Å². The Morgan fingerprint density at radius 3 is 2.60 bits per heavy atom. The summed E-state index contributed by atoms with van der Waals surface area (Å²) in [5.41, 5.74) is 3.93. The molecule has 1 aliphatic heterocycles. The summed E-state index contributed by atoms with van der Waals surface area (Å²) in [6, 6.07) is 14.9. The number of hydrogen-bond donors (Lipinski definition) is 1. The van der Waals surface area contributed by atoms with Crippen LogP contribution in [0, 0.1) is 6.92 Å². The maximum absolute atomic E-state index is 13.1. The van der Waals surface area contributed by atoms with Gasteiger partial charge >= 0.3 is 5.97 Å². The van der Waals surface area contributed by atoms with E-state index < -0.39 is 12.0 Å². The zero-order chi connectivity index (χ0) is 24.9. The molecule has 1 N–H and O–H groups in total. The van der Waals surface area contributed by atoms with Crippen LogP contribution in [0.25, 0.3) is 0 Å². The third kappa shape index (κ3) is 5.03. The molecule has 2 aromatic carbocycles. The molecule has 35 heavy (non-hydrogen) atoms. The minimum atomic E-state index is -0.511. The number of rotatable bonds is 8. The Balaban J connectivity index is 1.63. The van der Waals surface area contributed by atoms with E-state index in [1.54, 1.807) is 30.5 Å². The van der Waals surface area contributed by atoms with E-state index in [1.165, 1.54) is 6.33 Å². The number of aryl methyl sites for hydroxylation is 1. The fraction of sp³-hybridized carbons (Fsp3) is 0.308. The largest absolute Gasteiger partial charge is 0.497 e. The topological polar surface area (TPSA) is 98.6 Å². The van der Waals surface area contributed by atoms with E-state index in [1.807, 2.05) is 55.5 Å². The molecule has 0 saturated carbocycles. The monoisotopic (exact) mass is 475 g/mol. The molecule has 1 amide bonds. The van der Waals surface area contributed by atoms with Gasteiger partial charge in [-0.25, -0.2) is 9.48 Å². The van der Waals surface area contributed by atoms with E-state index in [9.17, 15) is 9.59 Å². The molecule has 0 saturated heterocycles. The number of ether oxygens (including phenoxy) is 2. The lowest BCUT2D eigenvalue weighted by Crippen LogP contribution is -2.42. The minimum Gasteiger partial charge on any atom is -0.497 e. The van der Waals surface area contributed by atoms with Crippen LogP contribution in [-0.4, -0.2) is 46.9 Å². The number of nitrogens with zero attached hydrogens (tertiary/aromatic N) is 4. The number of esters is 1. The maximum Gasteiger partial charge on any atom is 0.338 e. The predicted octanol–water partition coefficient (Wildman–Crippen LogP) is 3.16. The van der Waals surface area contributed by atoms with Crippen molar-refractivity contribution < 1.29 is 19.1 Å². The first kappa shape index (κ1) is 24.0. The van der Waals surface area contributed by atoms with E-state index in [0.717, 1.165) is 22.4 Å². The van der Waals surface area contributed by atoms with Gasteiger partial charge in [0.15, 0.2) is 0 Å². The fourth-order valence-corrected chi connectivity index (χ4v) is 4.13. The molecule has 2 heterocycles. The number of hydrogen-bond acceptors (Lipinski definition) is 7. The van der Waals surface area contributed by atoms with Crippen LogP contribution in [0.15, 0.2) is 66.1 Å². The second-order valence-corrected chi connectivity index (χ2v) is 8.25. The summed E-state index contributed by atoms with van der Waals surface area (Å²) in [6.45, 7) is 6.13. The van der Waals surface area contributed by atoms with Gasteiger partial charge < -0.3 is 19.7 Å². The smallest absolute Gasteiger partial charge is 0.338 e. The van der Waals surface area contributed by atoms with Crippen molar-refractivity contribution in [2.45, 2.75) is 33.4 Å². The van der Waals surface area contributed by atoms with E-state index >= 15 is 0 Å². The number of methoxy groups -OCH3 is 1. The van der Waals surface area contributed by atoms with Crippen molar-refractivity contribution in [2.24, 2.45) is 0 Å². The first-order valence-electron chi connectivity index (χ1n) is 11.4. The zero-order valence-electron chi connectivity index (χ0n) is 20.3. The molecule has 0 aliphatic carbocycles. The second-order valence-electron chi connectivity index (χ2n) is 8.25. The summed E-state index contributed by atoms with van der Waals surface area (Å²) >= 11 is 0. The summed E-state index contributed by atoms with van der Waals surface area (Å²) in [7, 11) is 1.60. The zero-order valence-corrected chi connectivity index (χ0v) is 20.3. The van der Waals surface area contributed by atoms with Crippen molar-refractivity contribution in [3.8, 4) is 5.75 Å². The molecule has 0 radical (unpaired) electrons. The van der Waals surface area contributed by atoms with E-state index in [0.29, 0.717) is 23.8 Å². The number of nitrogens with one attached hydrogen (secondary N) is 1. The van der Waals surface area contributed by atoms with Gasteiger partial charge in [0.25, 0.3) is 0 Å². The lowest BCUT2D eigenvalue weighted by Gasteiger charge is -2.35. The number of carbonyl (C=O) groups is 2. The molecule has 9 nitrogen and oxygen atoms in total. The van der Waals surface area contributed by atoms with Crippen LogP contribution in [0.1, 0.15) is 36.6 Å². The first-order chi connectivity index (χ1) is 16.9. The molecular weight excluding hydrogens is 446 g/mol. The Morgan fingerprint density at radius 2 is 1.89 bits per heavy atom. The van der Waals surface area contributed by atoms with Crippen molar-refractivity contribution in [3.63, 3.8) is 0 Å². The molecule has 9 heteroatoms. The van der Waals surface area contributed by atoms with Crippen molar-refractivity contribution in [1.82, 2.24) is 20.1 Å². The summed E-state index contributed by atoms with van der Waals surface area (Å²) < 4.78 is 12.3. The number of allylic oxidation sites excluding steroid dienone is 1. The van der Waals surface area contributed by atoms with E-state index in [2.05, 4.69) is 15.4 Å². The molecule has 1 atom stereocenters. The fourth-order valence-electron chi connectivity index (χ4n) is 4.13. The first-order valence-corrected chi connectivity index (χ1v) is 11.4. The normalized spacial score (nSPS) is 15.0. The Labute approximate surface area is 204 Å². The number of benzene rings is 2. The number of aromatic nitrogens is 3. The Bertz CT molecular complexity index is 1250. The maximum atomic E-state index is 13.1. The summed E-state index contributed by atoms with van der Waals surface area (Å²) in [5.74, 6) is 0.538. The molecule has 3 aromatic rings. The highest BCUT2D eigenvalue weighted by molar-refractivity contribution is 5.93. The van der Waals surface area contributed by atoms with Gasteiger partial charge in [0.1, 0.15) is 24.7 Å². The van der Waals surface area contributed by atoms with Crippen LogP contribution in [0.3, 0.4) is 0 Å². The SMILES string of the molecule is CCOC(=O)C1=C(C)N(CC(=O)NCc2cccc(OC)c2)c2ncnn2[C@H]1c1ccc(C)cc1. The van der Waals surface area contributed by atoms with Crippen LogP contribution in [0.4, 0.5) is 5.95 Å². The van der Waals surface area contributed by atoms with Gasteiger partial charge in [0, 0.05) is 12.2 Å². The number of amides is 1. The van der Waals surface area contributed by atoms with Gasteiger partial charge in [0.2, 0.25) is 11.9 Å². The Morgan fingerprint density at radius 1 is 1.11 bits per heavy atom. The molecule has 1 aliphatic rings. The molecular formula is C26H29N5O4. The molecule has 0 fully saturated rings. The van der Waals surface area contributed by atoms with Gasteiger partial charge in [-0.05, 0) is 44.0 Å². The lowest BCUT2D eigenvalue weighted by atomic mass is 9.94. The molecule has 0 spiro atoms. The summed E-state index contributed by atoms with van der Waals surface area (Å²) in [4.78, 5) is 32.1. The molecule has 1 aromatic heterocycles. The molecule has 0 bridgehead atoms. The highest BCUT2D eigenvalue weighted by Gasteiger charge is 2.38. The van der Waals surface area contributed by atoms with Gasteiger partial charge in [-0.1, -0.05) is 42.0 Å². The van der Waals surface area contributed by atoms with Crippen molar-refractivity contribution in [2.75, 3.05) is 25.2 Å². The van der Waals surface area contributed by atoms with Crippen molar-refractivity contribution in [3.05, 3.63) is 82.8 Å². The van der Waals surface area contributed by atoms with Crippen LogP contribution in [0.2, 0.25) is 0 Å². The van der Waals surface area contributed by atoms with E-state index in [-0.39, 0.29) is 19.1 Å². The minimum absolute atomic E-state index is 0.0297. The van der Waals surface area contributed by atoms with Crippen molar-refractivity contribution in [1.29, 1.82) is 0 Å². The summed E-state index contributed by atoms with van der Waals surface area (Å²) in [6.07, 6.45) is 1.43. The molecule has 182 valence electrons. The number of carbonyl (C=O) groups excluding carboxylic acids is 2. The van der Waals surface area contributed by atoms with Gasteiger partial charge in [-0.15, -0.1) is 0 Å². The van der Waals surface area contributed by atoms with Gasteiger partial charge in [0.05, 0.1) is 19.3 Å². The standard InChI is InChI=1S/C26H29N5O4/c1-5-35-25(33)23-18(3)30(15-22(32)27-14-19-7-6-8-21(13-19)34-4)26-28-16-29-31(26)24(23)20-11-9-17(2)10-12-20/h6-13,16,24H,5,14-15H2,1-4H3,(H,27,32)/t24-/m0/s1. The van der Waals surface area contributed by atoms with Gasteiger partial charge in [-0.3, -0.25) is 4.79 Å². The Hall–Kier alpha value is -4.14. The van der Waals surface area contributed by atoms with Crippen LogP contribution in [0.5, 0.6) is 5.75 Å². The van der Waals surface area contributed by atoms with Gasteiger partial charge in [-0.2, -0.15) is 10.1 Å². The molecule has 4 rings (SSSR count). The third-order valence-corrected chi connectivity index (χ3v) is 5.92. The van der Waals surface area contributed by atoms with Crippen LogP contribution in [-0.2, 0) is 20.9 Å². The highest BCUT2D eigenvalue weighted by atomic mass is 16.5. The number of anilines is 1. The number of fused-ring (bicyclic) bond motifs is 1. The molecule has 0 unspecified atom stereocenters. The quantitative estimate of drug-likeness (QED) is 0.500. The van der Waals surface area contributed by atoms with Crippen LogP contribution < -0.4 is 15.0 Å². The van der Waals surface area contributed by atoms with E-state index in [4.69, 9.17) is 9.47 Å². The third-order valence-electron chi connectivity index (χ3n) is 5.92. The highest BCUT2D eigenvalue weighted by Crippen LogP contribution is 2.38. The summed E-state index contributed by atoms with van der Waals surface area (Å²) in [5, 5.41) is 7.34. The lowest BCUT2D eigenvalue weighted by molar-refractivity contribution is -0.139. The second kappa shape index (κ2) is 10.4. The average molecular weight is 476 g/mol. The Kier molecular flexibility index (Phi) is 7.14.